The SMILES string of the molecule is CCOC(=O)O/N=C(\N)c1ccccc1-c1ccc(CNc2c(N)cccc2C(=O)OC)cc1. The number of nitrogen functional groups attached to an aromatic ring is 1. The molecule has 0 saturated carbocycles. The molecule has 34 heavy (non-hydrogen) atoms. The summed E-state index contributed by atoms with van der Waals surface area (Å²) in [5.41, 5.74) is 16.7. The topological polar surface area (TPSA) is 138 Å². The van der Waals surface area contributed by atoms with Crippen LogP contribution in [0.3, 0.4) is 0 Å². The van der Waals surface area contributed by atoms with Crippen molar-refractivity contribution >= 4 is 29.3 Å². The fourth-order valence-corrected chi connectivity index (χ4v) is 3.28. The molecule has 176 valence electrons. The van der Waals surface area contributed by atoms with Crippen molar-refractivity contribution in [3.8, 4) is 11.1 Å². The molecule has 0 aliphatic rings. The molecule has 3 rings (SSSR count). The summed E-state index contributed by atoms with van der Waals surface area (Å²) in [7, 11) is 1.33. The van der Waals surface area contributed by atoms with Crippen LogP contribution in [0.2, 0.25) is 0 Å². The van der Waals surface area contributed by atoms with Crippen molar-refractivity contribution in [3.63, 3.8) is 0 Å². The minimum atomic E-state index is -0.922. The highest BCUT2D eigenvalue weighted by atomic mass is 16.8. The summed E-state index contributed by atoms with van der Waals surface area (Å²) in [5, 5.41) is 6.89. The number of carbonyl (C=O) groups excluding carboxylic acids is 2. The van der Waals surface area contributed by atoms with E-state index in [4.69, 9.17) is 16.2 Å². The Morgan fingerprint density at radius 3 is 2.38 bits per heavy atom. The molecule has 0 amide bonds. The standard InChI is InChI=1S/C25H26N4O5/c1-3-33-25(31)34-29-23(27)19-8-5-4-7-18(19)17-13-11-16(12-14-17)15-28-22-20(24(30)32-2)9-6-10-21(22)26/h4-14,28H,3,15,26H2,1-2H3,(H2,27,29). The Morgan fingerprint density at radius 1 is 0.971 bits per heavy atom. The molecule has 0 aromatic heterocycles. The highest BCUT2D eigenvalue weighted by Crippen LogP contribution is 2.27. The highest BCUT2D eigenvalue weighted by Gasteiger charge is 2.14. The number of methoxy groups -OCH3 is 1. The maximum Gasteiger partial charge on any atom is 0.535 e. The van der Waals surface area contributed by atoms with Crippen LogP contribution in [-0.4, -0.2) is 31.7 Å². The summed E-state index contributed by atoms with van der Waals surface area (Å²) >= 11 is 0. The molecule has 0 radical (unpaired) electrons. The number of benzene rings is 3. The molecule has 0 heterocycles. The number of rotatable bonds is 8. The maximum atomic E-state index is 12.0. The van der Waals surface area contributed by atoms with Gasteiger partial charge in [0.05, 0.1) is 30.7 Å². The number of anilines is 2. The lowest BCUT2D eigenvalue weighted by atomic mass is 9.98. The van der Waals surface area contributed by atoms with Gasteiger partial charge in [-0.3, -0.25) is 4.84 Å². The van der Waals surface area contributed by atoms with Gasteiger partial charge in [-0.05, 0) is 35.7 Å². The van der Waals surface area contributed by atoms with E-state index in [0.29, 0.717) is 29.0 Å². The molecule has 0 atom stereocenters. The van der Waals surface area contributed by atoms with Gasteiger partial charge >= 0.3 is 12.1 Å². The quantitative estimate of drug-likeness (QED) is 0.113. The number of nitrogens with one attached hydrogen (secondary N) is 1. The van der Waals surface area contributed by atoms with Crippen molar-refractivity contribution in [2.24, 2.45) is 10.9 Å². The zero-order valence-electron chi connectivity index (χ0n) is 18.9. The van der Waals surface area contributed by atoms with E-state index >= 15 is 0 Å². The number of esters is 1. The Hall–Kier alpha value is -4.53. The molecule has 0 aliphatic heterocycles. The van der Waals surface area contributed by atoms with Crippen LogP contribution in [0.1, 0.15) is 28.4 Å². The number of para-hydroxylation sites is 1. The molecular formula is C25H26N4O5. The van der Waals surface area contributed by atoms with Gasteiger partial charge in [-0.25, -0.2) is 9.59 Å². The number of carbonyl (C=O) groups is 2. The van der Waals surface area contributed by atoms with Crippen molar-refractivity contribution < 1.29 is 23.9 Å². The molecule has 0 fully saturated rings. The number of nitrogens with zero attached hydrogens (tertiary/aromatic N) is 1. The number of nitrogens with two attached hydrogens (primary N) is 2. The lowest BCUT2D eigenvalue weighted by Crippen LogP contribution is -2.16. The monoisotopic (exact) mass is 462 g/mol. The van der Waals surface area contributed by atoms with Crippen LogP contribution in [-0.2, 0) is 20.9 Å². The lowest BCUT2D eigenvalue weighted by Gasteiger charge is -2.14. The Morgan fingerprint density at radius 2 is 1.68 bits per heavy atom. The van der Waals surface area contributed by atoms with Gasteiger partial charge in [0, 0.05) is 12.1 Å². The van der Waals surface area contributed by atoms with E-state index in [1.54, 1.807) is 31.2 Å². The first-order valence-corrected chi connectivity index (χ1v) is 10.5. The number of ether oxygens (including phenoxy) is 2. The Bertz CT molecular complexity index is 1190. The smallest absolute Gasteiger partial charge is 0.465 e. The number of hydrogen-bond donors (Lipinski definition) is 3. The van der Waals surface area contributed by atoms with E-state index in [2.05, 4.69) is 20.0 Å². The van der Waals surface area contributed by atoms with Gasteiger partial charge in [-0.15, -0.1) is 0 Å². The van der Waals surface area contributed by atoms with Crippen LogP contribution >= 0.6 is 0 Å². The summed E-state index contributed by atoms with van der Waals surface area (Å²) in [6.45, 7) is 2.28. The number of hydrogen-bond acceptors (Lipinski definition) is 8. The molecule has 0 spiro atoms. The first-order valence-electron chi connectivity index (χ1n) is 10.5. The molecule has 9 heteroatoms. The van der Waals surface area contributed by atoms with E-state index < -0.39 is 12.1 Å². The fourth-order valence-electron chi connectivity index (χ4n) is 3.28. The molecular weight excluding hydrogens is 436 g/mol. The minimum Gasteiger partial charge on any atom is -0.465 e. The molecule has 0 saturated heterocycles. The molecule has 0 aliphatic carbocycles. The first kappa shape index (κ1) is 24.1. The summed E-state index contributed by atoms with van der Waals surface area (Å²) < 4.78 is 9.51. The van der Waals surface area contributed by atoms with Crippen molar-refractivity contribution in [1.29, 1.82) is 0 Å². The summed E-state index contributed by atoms with van der Waals surface area (Å²) in [4.78, 5) is 28.1. The van der Waals surface area contributed by atoms with Gasteiger partial charge in [-0.2, -0.15) is 0 Å². The van der Waals surface area contributed by atoms with Crippen molar-refractivity contribution in [2.45, 2.75) is 13.5 Å². The number of oxime groups is 1. The van der Waals surface area contributed by atoms with Crippen LogP contribution in [0, 0.1) is 0 Å². The minimum absolute atomic E-state index is 0.0456. The molecule has 0 unspecified atom stereocenters. The first-order chi connectivity index (χ1) is 16.4. The predicted molar refractivity (Wildman–Crippen MR) is 130 cm³/mol. The van der Waals surface area contributed by atoms with Crippen molar-refractivity contribution in [3.05, 3.63) is 83.4 Å². The van der Waals surface area contributed by atoms with Gasteiger partial charge in [-0.1, -0.05) is 59.8 Å². The van der Waals surface area contributed by atoms with Gasteiger partial charge in [0.15, 0.2) is 5.84 Å². The van der Waals surface area contributed by atoms with E-state index in [1.165, 1.54) is 7.11 Å². The van der Waals surface area contributed by atoms with Gasteiger partial charge in [0.25, 0.3) is 0 Å². The zero-order chi connectivity index (χ0) is 24.5. The Balaban J connectivity index is 1.77. The third kappa shape index (κ3) is 5.83. The molecule has 3 aromatic carbocycles. The third-order valence-electron chi connectivity index (χ3n) is 4.92. The summed E-state index contributed by atoms with van der Waals surface area (Å²) in [6.07, 6.45) is -0.922. The second-order valence-corrected chi connectivity index (χ2v) is 7.11. The molecule has 9 nitrogen and oxygen atoms in total. The average Bonchev–Trinajstić information content (AvgIpc) is 2.86. The zero-order valence-corrected chi connectivity index (χ0v) is 18.9. The normalized spacial score (nSPS) is 10.9. The van der Waals surface area contributed by atoms with Gasteiger partial charge < -0.3 is 26.3 Å². The second kappa shape index (κ2) is 11.4. The Kier molecular flexibility index (Phi) is 8.07. The van der Waals surface area contributed by atoms with Gasteiger partial charge in [0.2, 0.25) is 0 Å². The highest BCUT2D eigenvalue weighted by molar-refractivity contribution is 6.03. The molecule has 5 N–H and O–H groups in total. The van der Waals surface area contributed by atoms with E-state index in [9.17, 15) is 9.59 Å². The molecule has 0 bridgehead atoms. The summed E-state index contributed by atoms with van der Waals surface area (Å²) in [5.74, 6) is -0.419. The van der Waals surface area contributed by atoms with E-state index in [1.807, 2.05) is 42.5 Å². The van der Waals surface area contributed by atoms with Crippen LogP contribution in [0.15, 0.2) is 71.9 Å². The Labute approximate surface area is 197 Å². The average molecular weight is 463 g/mol. The maximum absolute atomic E-state index is 12.0. The van der Waals surface area contributed by atoms with E-state index in [0.717, 1.165) is 16.7 Å². The van der Waals surface area contributed by atoms with Crippen molar-refractivity contribution in [1.82, 2.24) is 0 Å². The predicted octanol–water partition coefficient (Wildman–Crippen LogP) is 4.13. The van der Waals surface area contributed by atoms with Crippen LogP contribution in [0.4, 0.5) is 16.2 Å². The largest absolute Gasteiger partial charge is 0.535 e. The lowest BCUT2D eigenvalue weighted by molar-refractivity contribution is 0.0597. The molecule has 3 aromatic rings. The van der Waals surface area contributed by atoms with Crippen LogP contribution in [0.5, 0.6) is 0 Å². The second-order valence-electron chi connectivity index (χ2n) is 7.11. The third-order valence-corrected chi connectivity index (χ3v) is 4.92. The fraction of sp³-hybridized carbons (Fsp3) is 0.160. The van der Waals surface area contributed by atoms with Crippen molar-refractivity contribution in [2.75, 3.05) is 24.8 Å². The van der Waals surface area contributed by atoms with Gasteiger partial charge in [0.1, 0.15) is 0 Å². The van der Waals surface area contributed by atoms with E-state index in [-0.39, 0.29) is 12.4 Å². The summed E-state index contributed by atoms with van der Waals surface area (Å²) in [6, 6.07) is 20.2. The number of amidine groups is 1. The van der Waals surface area contributed by atoms with Crippen LogP contribution < -0.4 is 16.8 Å². The van der Waals surface area contributed by atoms with Crippen LogP contribution in [0.25, 0.3) is 11.1 Å².